The van der Waals surface area contributed by atoms with E-state index in [1.54, 1.807) is 10.6 Å². The zero-order valence-electron chi connectivity index (χ0n) is 8.90. The summed E-state index contributed by atoms with van der Waals surface area (Å²) < 4.78 is 4.49. The van der Waals surface area contributed by atoms with Crippen LogP contribution >= 0.6 is 0 Å². The van der Waals surface area contributed by atoms with Gasteiger partial charge in [0.2, 0.25) is 5.76 Å². The van der Waals surface area contributed by atoms with Crippen LogP contribution in [-0.2, 0) is 23.9 Å². The van der Waals surface area contributed by atoms with Crippen molar-refractivity contribution in [1.29, 1.82) is 0 Å². The number of carbonyl (C=O) groups is 5. The Kier molecular flexibility index (Phi) is 2.22. The van der Waals surface area contributed by atoms with Gasteiger partial charge >= 0.3 is 17.6 Å². The Labute approximate surface area is 98.8 Å². The third-order valence-electron chi connectivity index (χ3n) is 2.47. The van der Waals surface area contributed by atoms with Crippen LogP contribution in [0.5, 0.6) is 0 Å². The van der Waals surface area contributed by atoms with Crippen LogP contribution < -0.4 is 10.6 Å². The van der Waals surface area contributed by atoms with E-state index in [1.165, 1.54) is 0 Å². The lowest BCUT2D eigenvalue weighted by molar-refractivity contribution is -0.166. The molecule has 18 heavy (non-hydrogen) atoms. The van der Waals surface area contributed by atoms with E-state index >= 15 is 0 Å². The highest BCUT2D eigenvalue weighted by molar-refractivity contribution is 6.30. The van der Waals surface area contributed by atoms with Crippen molar-refractivity contribution in [3.63, 3.8) is 0 Å². The molecule has 0 aromatic heterocycles. The van der Waals surface area contributed by atoms with Crippen LogP contribution in [-0.4, -0.2) is 40.3 Å². The van der Waals surface area contributed by atoms with Crippen molar-refractivity contribution in [2.45, 2.75) is 12.5 Å². The molecule has 2 rings (SSSR count). The standard InChI is InChI=1S/C9H6N2O7/c1-2(12)3-4(13)5(14)18-9(3)6(15)10-8(17)11-7(9)16/h13H,1H3,(H2,10,11,15,16,17). The molecule has 0 aromatic carbocycles. The second-order valence-corrected chi connectivity index (χ2v) is 3.59. The van der Waals surface area contributed by atoms with Crippen molar-refractivity contribution >= 4 is 29.6 Å². The van der Waals surface area contributed by atoms with E-state index in [0.717, 1.165) is 6.92 Å². The third kappa shape index (κ3) is 1.24. The SMILES string of the molecule is CC(=O)C1=C(O)C(=O)OC12C(=O)NC(=O)NC2=O. The predicted molar refractivity (Wildman–Crippen MR) is 50.8 cm³/mol. The molecule has 1 fully saturated rings. The maximum Gasteiger partial charge on any atom is 0.375 e. The van der Waals surface area contributed by atoms with Gasteiger partial charge in [0.05, 0.1) is 0 Å². The van der Waals surface area contributed by atoms with Gasteiger partial charge in [0.15, 0.2) is 5.78 Å². The van der Waals surface area contributed by atoms with Gasteiger partial charge in [-0.15, -0.1) is 0 Å². The lowest BCUT2D eigenvalue weighted by atomic mass is 9.88. The molecule has 2 aliphatic heterocycles. The summed E-state index contributed by atoms with van der Waals surface area (Å²) in [4.78, 5) is 56.8. The van der Waals surface area contributed by atoms with Crippen molar-refractivity contribution in [1.82, 2.24) is 10.6 Å². The Bertz CT molecular complexity index is 539. The smallest absolute Gasteiger partial charge is 0.375 e. The highest BCUT2D eigenvalue weighted by Gasteiger charge is 2.64. The fourth-order valence-corrected chi connectivity index (χ4v) is 1.76. The van der Waals surface area contributed by atoms with Crippen LogP contribution in [0.1, 0.15) is 6.92 Å². The molecule has 1 spiro atoms. The monoisotopic (exact) mass is 254 g/mol. The number of nitrogens with one attached hydrogen (secondary N) is 2. The molecule has 9 nitrogen and oxygen atoms in total. The van der Waals surface area contributed by atoms with Gasteiger partial charge in [-0.2, -0.15) is 0 Å². The first-order valence-electron chi connectivity index (χ1n) is 4.65. The number of imide groups is 2. The molecule has 0 aliphatic carbocycles. The molecule has 0 unspecified atom stereocenters. The highest BCUT2D eigenvalue weighted by atomic mass is 16.6. The van der Waals surface area contributed by atoms with Crippen molar-refractivity contribution in [3.05, 3.63) is 11.3 Å². The highest BCUT2D eigenvalue weighted by Crippen LogP contribution is 2.34. The van der Waals surface area contributed by atoms with Gasteiger partial charge in [-0.3, -0.25) is 25.0 Å². The Balaban J connectivity index is 2.65. The molecule has 1 saturated heterocycles. The number of Topliss-reactive ketones (excluding diaryl/α,β-unsaturated/α-hetero) is 1. The van der Waals surface area contributed by atoms with Crippen molar-refractivity contribution in [2.75, 3.05) is 0 Å². The fraction of sp³-hybridized carbons (Fsp3) is 0.222. The first-order valence-corrected chi connectivity index (χ1v) is 4.65. The van der Waals surface area contributed by atoms with Gasteiger partial charge in [0, 0.05) is 0 Å². The van der Waals surface area contributed by atoms with Gasteiger partial charge in [-0.25, -0.2) is 9.59 Å². The summed E-state index contributed by atoms with van der Waals surface area (Å²) in [6.07, 6.45) is 0. The van der Waals surface area contributed by atoms with E-state index in [-0.39, 0.29) is 0 Å². The minimum atomic E-state index is -2.64. The molecule has 0 atom stereocenters. The summed E-state index contributed by atoms with van der Waals surface area (Å²) in [5.74, 6) is -6.03. The summed E-state index contributed by atoms with van der Waals surface area (Å²) >= 11 is 0. The number of esters is 1. The number of ketones is 1. The largest absolute Gasteiger partial charge is 0.501 e. The number of hydrogen-bond acceptors (Lipinski definition) is 7. The Hall–Kier alpha value is -2.71. The zero-order chi connectivity index (χ0) is 13.7. The number of barbiturate groups is 1. The quantitative estimate of drug-likeness (QED) is 0.365. The number of ether oxygens (including phenoxy) is 1. The summed E-state index contributed by atoms with van der Waals surface area (Å²) in [5.41, 5.74) is -3.43. The average Bonchev–Trinajstić information content (AvgIpc) is 2.50. The number of aliphatic hydroxyl groups is 1. The van der Waals surface area contributed by atoms with Gasteiger partial charge in [0.25, 0.3) is 11.8 Å². The number of rotatable bonds is 1. The predicted octanol–water partition coefficient (Wildman–Crippen LogP) is -1.95. The molecule has 4 amide bonds. The van der Waals surface area contributed by atoms with Crippen LogP contribution in [0.2, 0.25) is 0 Å². The third-order valence-corrected chi connectivity index (χ3v) is 2.47. The maximum atomic E-state index is 11.7. The van der Waals surface area contributed by atoms with Gasteiger partial charge in [-0.1, -0.05) is 0 Å². The second kappa shape index (κ2) is 3.39. The van der Waals surface area contributed by atoms with E-state index in [1.807, 2.05) is 0 Å². The van der Waals surface area contributed by atoms with E-state index in [0.29, 0.717) is 0 Å². The van der Waals surface area contributed by atoms with Crippen molar-refractivity contribution < 1.29 is 33.8 Å². The van der Waals surface area contributed by atoms with Crippen LogP contribution in [0.25, 0.3) is 0 Å². The van der Waals surface area contributed by atoms with Crippen LogP contribution in [0, 0.1) is 0 Å². The Morgan fingerprint density at radius 2 is 1.67 bits per heavy atom. The average molecular weight is 254 g/mol. The molecule has 2 aliphatic rings. The zero-order valence-corrected chi connectivity index (χ0v) is 8.90. The Morgan fingerprint density at radius 3 is 2.11 bits per heavy atom. The van der Waals surface area contributed by atoms with Crippen LogP contribution in [0.3, 0.4) is 0 Å². The molecular formula is C9H6N2O7. The molecule has 9 heteroatoms. The minimum absolute atomic E-state index is 0.796. The van der Waals surface area contributed by atoms with Crippen LogP contribution in [0.4, 0.5) is 4.79 Å². The molecule has 0 bridgehead atoms. The number of urea groups is 1. The fourth-order valence-electron chi connectivity index (χ4n) is 1.76. The number of hydrogen-bond donors (Lipinski definition) is 3. The normalized spacial score (nSPS) is 21.8. The lowest BCUT2D eigenvalue weighted by Gasteiger charge is -2.29. The van der Waals surface area contributed by atoms with Gasteiger partial charge in [0.1, 0.15) is 5.57 Å². The van der Waals surface area contributed by atoms with E-state index in [4.69, 9.17) is 0 Å². The van der Waals surface area contributed by atoms with Crippen molar-refractivity contribution in [2.24, 2.45) is 0 Å². The molecule has 0 saturated carbocycles. The first-order chi connectivity index (χ1) is 8.30. The molecule has 94 valence electrons. The molecule has 3 N–H and O–H groups in total. The molecular weight excluding hydrogens is 248 g/mol. The second-order valence-electron chi connectivity index (χ2n) is 3.59. The Morgan fingerprint density at radius 1 is 1.17 bits per heavy atom. The van der Waals surface area contributed by atoms with Crippen molar-refractivity contribution in [3.8, 4) is 0 Å². The maximum absolute atomic E-state index is 11.7. The van der Waals surface area contributed by atoms with E-state index in [9.17, 15) is 29.1 Å². The minimum Gasteiger partial charge on any atom is -0.501 e. The molecule has 2 heterocycles. The number of aliphatic hydroxyl groups excluding tert-OH is 1. The van der Waals surface area contributed by atoms with Gasteiger partial charge in [-0.05, 0) is 6.92 Å². The lowest BCUT2D eigenvalue weighted by Crippen LogP contribution is -2.68. The number of carbonyl (C=O) groups excluding carboxylic acids is 5. The topological polar surface area (TPSA) is 139 Å². The van der Waals surface area contributed by atoms with E-state index < -0.39 is 46.5 Å². The summed E-state index contributed by atoms with van der Waals surface area (Å²) in [7, 11) is 0. The van der Waals surface area contributed by atoms with E-state index in [2.05, 4.69) is 4.74 Å². The summed E-state index contributed by atoms with van der Waals surface area (Å²) in [6.45, 7) is 0.937. The summed E-state index contributed by atoms with van der Waals surface area (Å²) in [5, 5.41) is 12.8. The van der Waals surface area contributed by atoms with Gasteiger partial charge < -0.3 is 9.84 Å². The summed E-state index contributed by atoms with van der Waals surface area (Å²) in [6, 6.07) is -1.11. The number of amides is 4. The van der Waals surface area contributed by atoms with Crippen LogP contribution in [0.15, 0.2) is 11.3 Å². The first kappa shape index (κ1) is 11.8. The molecule has 0 aromatic rings. The molecule has 0 radical (unpaired) electrons.